The second kappa shape index (κ2) is 7.19. The van der Waals surface area contributed by atoms with Crippen LogP contribution in [0.25, 0.3) is 17.1 Å². The number of hydrazine groups is 1. The summed E-state index contributed by atoms with van der Waals surface area (Å²) in [5.41, 5.74) is 9.45. The Labute approximate surface area is 165 Å². The molecule has 2 N–H and O–H groups in total. The van der Waals surface area contributed by atoms with E-state index in [2.05, 4.69) is 31.1 Å². The molecule has 9 nitrogen and oxygen atoms in total. The highest BCUT2D eigenvalue weighted by Gasteiger charge is 2.27. The van der Waals surface area contributed by atoms with Crippen molar-refractivity contribution in [2.24, 2.45) is 0 Å². The zero-order valence-electron chi connectivity index (χ0n) is 15.4. The molecule has 3 aromatic heterocycles. The van der Waals surface area contributed by atoms with Crippen molar-refractivity contribution >= 4 is 11.9 Å². The molecule has 1 aromatic carbocycles. The number of para-hydroxylation sites is 1. The van der Waals surface area contributed by atoms with Gasteiger partial charge in [-0.25, -0.2) is 10.1 Å². The van der Waals surface area contributed by atoms with E-state index in [1.807, 2.05) is 35.0 Å². The van der Waals surface area contributed by atoms with Gasteiger partial charge in [-0.3, -0.25) is 15.2 Å². The number of nitrogens with zero attached hydrogens (tertiary/aromatic N) is 5. The van der Waals surface area contributed by atoms with Crippen LogP contribution in [0.15, 0.2) is 59.4 Å². The number of benzene rings is 1. The van der Waals surface area contributed by atoms with E-state index in [4.69, 9.17) is 4.52 Å². The average molecular weight is 387 g/mol. The van der Waals surface area contributed by atoms with Crippen molar-refractivity contribution in [3.05, 3.63) is 71.8 Å². The summed E-state index contributed by atoms with van der Waals surface area (Å²) in [5, 5.41) is 8.45. The predicted octanol–water partition coefficient (Wildman–Crippen LogP) is 2.56. The first-order chi connectivity index (χ1) is 14.3. The fourth-order valence-electron chi connectivity index (χ4n) is 3.46. The number of nitrogens with one attached hydrogen (secondary N) is 2. The van der Waals surface area contributed by atoms with Gasteiger partial charge in [0.25, 0.3) is 5.91 Å². The van der Waals surface area contributed by atoms with E-state index < -0.39 is 0 Å². The summed E-state index contributed by atoms with van der Waals surface area (Å²) >= 11 is 0. The fourth-order valence-corrected chi connectivity index (χ4v) is 3.46. The van der Waals surface area contributed by atoms with E-state index in [0.717, 1.165) is 41.8 Å². The van der Waals surface area contributed by atoms with Gasteiger partial charge in [0.05, 0.1) is 5.69 Å². The van der Waals surface area contributed by atoms with Gasteiger partial charge < -0.3 is 4.52 Å². The highest BCUT2D eigenvalue weighted by molar-refractivity contribution is 5.94. The molecule has 1 amide bonds. The highest BCUT2D eigenvalue weighted by atomic mass is 16.5. The Morgan fingerprint density at radius 2 is 1.90 bits per heavy atom. The van der Waals surface area contributed by atoms with Crippen LogP contribution in [0.3, 0.4) is 0 Å². The zero-order valence-corrected chi connectivity index (χ0v) is 15.4. The Kier molecular flexibility index (Phi) is 4.24. The molecule has 1 aliphatic rings. The lowest BCUT2D eigenvalue weighted by Crippen LogP contribution is -2.30. The summed E-state index contributed by atoms with van der Waals surface area (Å²) in [4.78, 5) is 20.9. The van der Waals surface area contributed by atoms with E-state index in [0.29, 0.717) is 11.5 Å². The number of anilines is 1. The number of amides is 1. The molecule has 0 atom stereocenters. The van der Waals surface area contributed by atoms with E-state index in [1.54, 1.807) is 24.5 Å². The Balaban J connectivity index is 1.34. The summed E-state index contributed by atoms with van der Waals surface area (Å²) in [6, 6.07) is 13.4. The molecule has 5 rings (SSSR count). The van der Waals surface area contributed by atoms with Gasteiger partial charge >= 0.3 is 6.01 Å². The van der Waals surface area contributed by atoms with Crippen molar-refractivity contribution in [2.45, 2.75) is 19.3 Å². The van der Waals surface area contributed by atoms with Gasteiger partial charge in [0, 0.05) is 29.2 Å². The van der Waals surface area contributed by atoms with Crippen LogP contribution in [0.2, 0.25) is 0 Å². The SMILES string of the molecule is O=C(NNc1nc(-c2ccncc2)no1)c1nn(-c2ccccc2)c2c1CCC2. The number of carbonyl (C=O) groups excluding carboxylic acids is 1. The predicted molar refractivity (Wildman–Crippen MR) is 104 cm³/mol. The Morgan fingerprint density at radius 3 is 2.72 bits per heavy atom. The number of pyridine rings is 1. The van der Waals surface area contributed by atoms with E-state index >= 15 is 0 Å². The van der Waals surface area contributed by atoms with Crippen LogP contribution < -0.4 is 10.9 Å². The molecule has 0 fully saturated rings. The smallest absolute Gasteiger partial charge is 0.313 e. The van der Waals surface area contributed by atoms with E-state index in [1.165, 1.54) is 0 Å². The van der Waals surface area contributed by atoms with Crippen molar-refractivity contribution < 1.29 is 9.32 Å². The van der Waals surface area contributed by atoms with Crippen molar-refractivity contribution in [1.29, 1.82) is 0 Å². The molecule has 0 unspecified atom stereocenters. The van der Waals surface area contributed by atoms with E-state index in [9.17, 15) is 4.79 Å². The maximum atomic E-state index is 12.8. The lowest BCUT2D eigenvalue weighted by atomic mass is 10.2. The largest absolute Gasteiger partial charge is 0.340 e. The molecule has 144 valence electrons. The first-order valence-corrected chi connectivity index (χ1v) is 9.26. The number of hydrogen-bond acceptors (Lipinski definition) is 7. The molecular weight excluding hydrogens is 370 g/mol. The Morgan fingerprint density at radius 1 is 1.07 bits per heavy atom. The molecule has 0 aliphatic heterocycles. The zero-order chi connectivity index (χ0) is 19.6. The van der Waals surface area contributed by atoms with Gasteiger partial charge in [-0.1, -0.05) is 23.4 Å². The molecule has 29 heavy (non-hydrogen) atoms. The molecule has 4 aromatic rings. The topological polar surface area (TPSA) is 111 Å². The summed E-state index contributed by atoms with van der Waals surface area (Å²) in [6.07, 6.45) is 6.02. The lowest BCUT2D eigenvalue weighted by molar-refractivity contribution is 0.0954. The molecule has 9 heteroatoms. The second-order valence-corrected chi connectivity index (χ2v) is 6.61. The Hall–Kier alpha value is -4.01. The van der Waals surface area contributed by atoms with Gasteiger partial charge in [-0.2, -0.15) is 10.1 Å². The van der Waals surface area contributed by atoms with Crippen LogP contribution in [0.1, 0.15) is 28.2 Å². The highest BCUT2D eigenvalue weighted by Crippen LogP contribution is 2.27. The lowest BCUT2D eigenvalue weighted by Gasteiger charge is -2.05. The van der Waals surface area contributed by atoms with Crippen LogP contribution >= 0.6 is 0 Å². The average Bonchev–Trinajstić information content (AvgIpc) is 3.50. The van der Waals surface area contributed by atoms with Crippen LogP contribution in [-0.4, -0.2) is 30.8 Å². The third-order valence-electron chi connectivity index (χ3n) is 4.79. The molecule has 0 saturated carbocycles. The molecule has 3 heterocycles. The van der Waals surface area contributed by atoms with Crippen molar-refractivity contribution in [3.63, 3.8) is 0 Å². The molecule has 0 saturated heterocycles. The maximum absolute atomic E-state index is 12.8. The first kappa shape index (κ1) is 17.1. The van der Waals surface area contributed by atoms with Crippen molar-refractivity contribution in [3.8, 4) is 17.1 Å². The summed E-state index contributed by atoms with van der Waals surface area (Å²) < 4.78 is 6.99. The number of aromatic nitrogens is 5. The van der Waals surface area contributed by atoms with Crippen LogP contribution in [0.4, 0.5) is 6.01 Å². The second-order valence-electron chi connectivity index (χ2n) is 6.61. The van der Waals surface area contributed by atoms with Gasteiger partial charge in [0.1, 0.15) is 0 Å². The minimum atomic E-state index is -0.346. The minimum Gasteiger partial charge on any atom is -0.313 e. The molecule has 0 bridgehead atoms. The standard InChI is InChI=1S/C20H17N7O2/c28-19(23-24-20-22-18(26-29-20)13-9-11-21-12-10-13)17-15-7-4-8-16(15)27(25-17)14-5-2-1-3-6-14/h1-3,5-6,9-12H,4,7-8H2,(H,23,28)(H,22,24,26). The summed E-state index contributed by atoms with van der Waals surface area (Å²) in [7, 11) is 0. The maximum Gasteiger partial charge on any atom is 0.340 e. The number of carbonyl (C=O) groups is 1. The van der Waals surface area contributed by atoms with Gasteiger partial charge in [0.15, 0.2) is 5.69 Å². The van der Waals surface area contributed by atoms with Crippen LogP contribution in [0.5, 0.6) is 0 Å². The molecule has 0 spiro atoms. The number of rotatable bonds is 5. The molecular formula is C20H17N7O2. The molecule has 0 radical (unpaired) electrons. The molecule has 1 aliphatic carbocycles. The van der Waals surface area contributed by atoms with Crippen LogP contribution in [-0.2, 0) is 12.8 Å². The normalized spacial score (nSPS) is 12.6. The Bertz CT molecular complexity index is 1150. The van der Waals surface area contributed by atoms with E-state index in [-0.39, 0.29) is 11.9 Å². The quantitative estimate of drug-likeness (QED) is 0.506. The summed E-state index contributed by atoms with van der Waals surface area (Å²) in [5.74, 6) is 0.0555. The fraction of sp³-hybridized carbons (Fsp3) is 0.150. The van der Waals surface area contributed by atoms with Gasteiger partial charge in [0.2, 0.25) is 5.82 Å². The van der Waals surface area contributed by atoms with Crippen molar-refractivity contribution in [2.75, 3.05) is 5.43 Å². The van der Waals surface area contributed by atoms with Crippen LogP contribution in [0, 0.1) is 0 Å². The number of hydrogen-bond donors (Lipinski definition) is 2. The third-order valence-corrected chi connectivity index (χ3v) is 4.79. The summed E-state index contributed by atoms with van der Waals surface area (Å²) in [6.45, 7) is 0. The number of fused-ring (bicyclic) bond motifs is 1. The van der Waals surface area contributed by atoms with Gasteiger partial charge in [-0.05, 0) is 43.5 Å². The van der Waals surface area contributed by atoms with Crippen molar-refractivity contribution in [1.82, 2.24) is 30.3 Å². The monoisotopic (exact) mass is 387 g/mol. The van der Waals surface area contributed by atoms with Gasteiger partial charge in [-0.15, -0.1) is 0 Å². The minimum absolute atomic E-state index is 0.0873. The third kappa shape index (κ3) is 3.22. The first-order valence-electron chi connectivity index (χ1n) is 9.26.